The minimum Gasteiger partial charge on any atom is -0.363 e. The number of aliphatic imine (C=N–C) groups is 1. The molecule has 2 aromatic carbocycles. The Kier molecular flexibility index (Phi) is 5.99. The van der Waals surface area contributed by atoms with E-state index in [1.54, 1.807) is 6.92 Å². The number of Topliss-reactive ketones (excluding diaryl/α,β-unsaturated/α-hetero) is 1. The van der Waals surface area contributed by atoms with Gasteiger partial charge in [-0.05, 0) is 36.8 Å². The molecule has 3 nitrogen and oxygen atoms in total. The van der Waals surface area contributed by atoms with E-state index in [1.165, 1.54) is 11.1 Å². The Bertz CT molecular complexity index is 649. The molecule has 0 radical (unpaired) electrons. The predicted octanol–water partition coefficient (Wildman–Crippen LogP) is 4.15. The summed E-state index contributed by atoms with van der Waals surface area (Å²) < 4.78 is 0. The lowest BCUT2D eigenvalue weighted by Crippen LogP contribution is -2.35. The zero-order valence-corrected chi connectivity index (χ0v) is 14.8. The maximum absolute atomic E-state index is 11.0. The fourth-order valence-corrected chi connectivity index (χ4v) is 3.71. The van der Waals surface area contributed by atoms with Crippen LogP contribution in [0.25, 0.3) is 0 Å². The highest BCUT2D eigenvalue weighted by Gasteiger charge is 2.28. The van der Waals surface area contributed by atoms with Crippen LogP contribution in [-0.4, -0.2) is 36.7 Å². The van der Waals surface area contributed by atoms with Gasteiger partial charge < -0.3 is 4.90 Å². The molecular formula is C22H26N2O. The third-order valence-electron chi connectivity index (χ3n) is 4.92. The summed E-state index contributed by atoms with van der Waals surface area (Å²) in [5.74, 6) is 1.18. The van der Waals surface area contributed by atoms with E-state index in [1.807, 2.05) is 6.34 Å². The van der Waals surface area contributed by atoms with E-state index in [0.717, 1.165) is 25.9 Å². The van der Waals surface area contributed by atoms with Crippen LogP contribution in [0.5, 0.6) is 0 Å². The van der Waals surface area contributed by atoms with Gasteiger partial charge in [0.2, 0.25) is 0 Å². The van der Waals surface area contributed by atoms with Crippen LogP contribution in [-0.2, 0) is 4.79 Å². The molecule has 0 spiro atoms. The molecule has 1 fully saturated rings. The first kappa shape index (κ1) is 17.4. The summed E-state index contributed by atoms with van der Waals surface area (Å²) in [5, 5.41) is 0. The van der Waals surface area contributed by atoms with Crippen molar-refractivity contribution in [2.24, 2.45) is 10.9 Å². The first-order valence-electron chi connectivity index (χ1n) is 9.07. The smallest absolute Gasteiger partial charge is 0.151 e. The Morgan fingerprint density at radius 3 is 2.04 bits per heavy atom. The summed E-state index contributed by atoms with van der Waals surface area (Å²) in [5.41, 5.74) is 2.80. The van der Waals surface area contributed by atoms with Crippen molar-refractivity contribution < 1.29 is 4.79 Å². The molecular weight excluding hydrogens is 308 g/mol. The predicted molar refractivity (Wildman–Crippen MR) is 103 cm³/mol. The maximum Gasteiger partial charge on any atom is 0.151 e. The molecule has 0 unspecified atom stereocenters. The van der Waals surface area contributed by atoms with E-state index in [4.69, 9.17) is 0 Å². The molecule has 0 bridgehead atoms. The molecule has 1 saturated heterocycles. The van der Waals surface area contributed by atoms with Gasteiger partial charge in [-0.1, -0.05) is 60.7 Å². The largest absolute Gasteiger partial charge is 0.363 e. The molecule has 0 atom stereocenters. The van der Waals surface area contributed by atoms with Crippen molar-refractivity contribution in [3.63, 3.8) is 0 Å². The number of ketones is 1. The summed E-state index contributed by atoms with van der Waals surface area (Å²) in [4.78, 5) is 17.5. The second-order valence-electron chi connectivity index (χ2n) is 6.83. The molecule has 2 aromatic rings. The number of rotatable bonds is 6. The van der Waals surface area contributed by atoms with Gasteiger partial charge in [-0.2, -0.15) is 0 Å². The van der Waals surface area contributed by atoms with E-state index in [2.05, 4.69) is 70.6 Å². The maximum atomic E-state index is 11.0. The van der Waals surface area contributed by atoms with Crippen LogP contribution in [0.15, 0.2) is 65.7 Å². The van der Waals surface area contributed by atoms with Gasteiger partial charge in [0.05, 0.1) is 12.9 Å². The van der Waals surface area contributed by atoms with Crippen molar-refractivity contribution in [1.82, 2.24) is 4.90 Å². The second-order valence-corrected chi connectivity index (χ2v) is 6.83. The van der Waals surface area contributed by atoms with E-state index in [9.17, 15) is 4.79 Å². The summed E-state index contributed by atoms with van der Waals surface area (Å²) >= 11 is 0. The van der Waals surface area contributed by atoms with Gasteiger partial charge in [-0.3, -0.25) is 9.79 Å². The van der Waals surface area contributed by atoms with Crippen molar-refractivity contribution in [2.75, 3.05) is 19.6 Å². The molecule has 0 saturated carbocycles. The Hall–Kier alpha value is -2.42. The Balaban J connectivity index is 1.71. The average Bonchev–Trinajstić information content (AvgIpc) is 2.65. The average molecular weight is 334 g/mol. The minimum absolute atomic E-state index is 0.111. The van der Waals surface area contributed by atoms with E-state index >= 15 is 0 Å². The van der Waals surface area contributed by atoms with E-state index in [0.29, 0.717) is 11.8 Å². The number of benzene rings is 2. The van der Waals surface area contributed by atoms with Gasteiger partial charge >= 0.3 is 0 Å². The standard InChI is InChI=1S/C22H26N2O/c1-18(25)16-23-17-24-14-12-21(13-15-24)22(19-8-4-2-5-9-19)20-10-6-3-7-11-20/h2-11,17,21-22H,12-16H2,1H3/b23-17+. The highest BCUT2D eigenvalue weighted by atomic mass is 16.1. The van der Waals surface area contributed by atoms with Gasteiger partial charge in [0.25, 0.3) is 0 Å². The molecule has 3 heteroatoms. The molecule has 1 aliphatic rings. The van der Waals surface area contributed by atoms with Crippen LogP contribution < -0.4 is 0 Å². The summed E-state index contributed by atoms with van der Waals surface area (Å²) in [6.45, 7) is 3.87. The molecule has 130 valence electrons. The third-order valence-corrected chi connectivity index (χ3v) is 4.92. The number of hydrogen-bond donors (Lipinski definition) is 0. The first-order chi connectivity index (χ1) is 12.2. The summed E-state index contributed by atoms with van der Waals surface area (Å²) in [6.07, 6.45) is 4.14. The lowest BCUT2D eigenvalue weighted by Gasteiger charge is -2.36. The molecule has 0 aromatic heterocycles. The number of nitrogens with zero attached hydrogens (tertiary/aromatic N) is 2. The van der Waals surface area contributed by atoms with Crippen LogP contribution >= 0.6 is 0 Å². The van der Waals surface area contributed by atoms with Crippen LogP contribution in [0.2, 0.25) is 0 Å². The number of likely N-dealkylation sites (tertiary alicyclic amines) is 1. The van der Waals surface area contributed by atoms with Crippen molar-refractivity contribution in [2.45, 2.75) is 25.7 Å². The number of piperidine rings is 1. The fourth-order valence-electron chi connectivity index (χ4n) is 3.71. The number of hydrogen-bond acceptors (Lipinski definition) is 2. The second kappa shape index (κ2) is 8.61. The van der Waals surface area contributed by atoms with Crippen molar-refractivity contribution in [1.29, 1.82) is 0 Å². The molecule has 0 amide bonds. The quantitative estimate of drug-likeness (QED) is 0.587. The molecule has 1 aliphatic heterocycles. The Morgan fingerprint density at radius 2 is 1.56 bits per heavy atom. The van der Waals surface area contributed by atoms with Crippen molar-refractivity contribution in [3.8, 4) is 0 Å². The highest BCUT2D eigenvalue weighted by molar-refractivity contribution is 5.79. The molecule has 1 heterocycles. The van der Waals surface area contributed by atoms with Crippen molar-refractivity contribution in [3.05, 3.63) is 71.8 Å². The van der Waals surface area contributed by atoms with Gasteiger partial charge in [0.15, 0.2) is 5.78 Å². The highest BCUT2D eigenvalue weighted by Crippen LogP contribution is 2.37. The van der Waals surface area contributed by atoms with Gasteiger partial charge in [0.1, 0.15) is 0 Å². The Morgan fingerprint density at radius 1 is 1.04 bits per heavy atom. The molecule has 25 heavy (non-hydrogen) atoms. The van der Waals surface area contributed by atoms with E-state index < -0.39 is 0 Å². The minimum atomic E-state index is 0.111. The van der Waals surface area contributed by atoms with Crippen LogP contribution in [0.3, 0.4) is 0 Å². The normalized spacial score (nSPS) is 15.8. The van der Waals surface area contributed by atoms with Crippen LogP contribution in [0.4, 0.5) is 0 Å². The van der Waals surface area contributed by atoms with Crippen molar-refractivity contribution >= 4 is 12.1 Å². The third kappa shape index (κ3) is 4.79. The monoisotopic (exact) mass is 334 g/mol. The van der Waals surface area contributed by atoms with Gasteiger partial charge in [-0.25, -0.2) is 0 Å². The van der Waals surface area contributed by atoms with E-state index in [-0.39, 0.29) is 12.3 Å². The lowest BCUT2D eigenvalue weighted by molar-refractivity contribution is -0.115. The summed E-state index contributed by atoms with van der Waals surface area (Å²) in [6, 6.07) is 21.7. The zero-order valence-electron chi connectivity index (χ0n) is 14.8. The van der Waals surface area contributed by atoms with Gasteiger partial charge in [0, 0.05) is 19.0 Å². The van der Waals surface area contributed by atoms with Crippen LogP contribution in [0.1, 0.15) is 36.8 Å². The molecule has 0 aliphatic carbocycles. The van der Waals surface area contributed by atoms with Gasteiger partial charge in [-0.15, -0.1) is 0 Å². The SMILES string of the molecule is CC(=O)C/N=C/N1CCC(C(c2ccccc2)c2ccccc2)CC1. The molecule has 0 N–H and O–H groups in total. The fraction of sp³-hybridized carbons (Fsp3) is 0.364. The summed E-state index contributed by atoms with van der Waals surface area (Å²) in [7, 11) is 0. The topological polar surface area (TPSA) is 32.7 Å². The van der Waals surface area contributed by atoms with Crippen LogP contribution in [0, 0.1) is 5.92 Å². The first-order valence-corrected chi connectivity index (χ1v) is 9.07. The molecule has 3 rings (SSSR count). The lowest BCUT2D eigenvalue weighted by atomic mass is 9.76. The Labute approximate surface area is 150 Å². The zero-order chi connectivity index (χ0) is 17.5. The number of carbonyl (C=O) groups excluding carboxylic acids is 1. The number of carbonyl (C=O) groups is 1.